The van der Waals surface area contributed by atoms with Gasteiger partial charge in [0.05, 0.1) is 6.54 Å². The van der Waals surface area contributed by atoms with E-state index in [9.17, 15) is 13.6 Å². The summed E-state index contributed by atoms with van der Waals surface area (Å²) in [5, 5.41) is 4.63. The van der Waals surface area contributed by atoms with E-state index in [-0.39, 0.29) is 17.2 Å². The maximum atomic E-state index is 12.1. The molecular formula is C13H10BrF2NO2S. The van der Waals surface area contributed by atoms with Crippen molar-refractivity contribution in [1.29, 1.82) is 0 Å². The van der Waals surface area contributed by atoms with Crippen molar-refractivity contribution < 1.29 is 18.3 Å². The molecule has 0 fully saturated rings. The van der Waals surface area contributed by atoms with Crippen LogP contribution in [0.15, 0.2) is 40.2 Å². The van der Waals surface area contributed by atoms with Gasteiger partial charge in [0.1, 0.15) is 5.75 Å². The SMILES string of the molecule is O=C(NCc1cc(Br)cs1)c1cccc(OC(F)F)c1. The number of rotatable bonds is 5. The Hall–Kier alpha value is -1.47. The molecule has 1 aromatic heterocycles. The highest BCUT2D eigenvalue weighted by atomic mass is 79.9. The third-order valence-electron chi connectivity index (χ3n) is 2.37. The highest BCUT2D eigenvalue weighted by Gasteiger charge is 2.09. The quantitative estimate of drug-likeness (QED) is 0.872. The van der Waals surface area contributed by atoms with Gasteiger partial charge in [-0.3, -0.25) is 4.79 Å². The maximum absolute atomic E-state index is 12.1. The molecule has 0 saturated carbocycles. The third-order valence-corrected chi connectivity index (χ3v) is 4.06. The first kappa shape index (κ1) is 14.9. The van der Waals surface area contributed by atoms with Gasteiger partial charge in [-0.2, -0.15) is 8.78 Å². The lowest BCUT2D eigenvalue weighted by Crippen LogP contribution is -2.22. The molecular weight excluding hydrogens is 352 g/mol. The Kier molecular flexibility index (Phi) is 5.08. The number of carbonyl (C=O) groups is 1. The number of nitrogens with one attached hydrogen (secondary N) is 1. The third kappa shape index (κ3) is 4.28. The molecule has 1 aromatic carbocycles. The Morgan fingerprint density at radius 2 is 2.20 bits per heavy atom. The number of carbonyl (C=O) groups excluding carboxylic acids is 1. The second-order valence-electron chi connectivity index (χ2n) is 3.82. The van der Waals surface area contributed by atoms with Gasteiger partial charge in [-0.05, 0) is 40.2 Å². The van der Waals surface area contributed by atoms with E-state index in [2.05, 4.69) is 26.0 Å². The predicted octanol–water partition coefficient (Wildman–Crippen LogP) is 4.04. The first-order valence-corrected chi connectivity index (χ1v) is 7.28. The lowest BCUT2D eigenvalue weighted by atomic mass is 10.2. The molecule has 0 radical (unpaired) electrons. The van der Waals surface area contributed by atoms with Crippen LogP contribution in [0.5, 0.6) is 5.75 Å². The Bertz CT molecular complexity index is 604. The molecule has 2 rings (SSSR count). The molecule has 0 atom stereocenters. The van der Waals surface area contributed by atoms with Crippen LogP contribution >= 0.6 is 27.3 Å². The second-order valence-corrected chi connectivity index (χ2v) is 5.73. The molecule has 7 heteroatoms. The lowest BCUT2D eigenvalue weighted by molar-refractivity contribution is -0.0498. The van der Waals surface area contributed by atoms with Crippen molar-refractivity contribution in [2.24, 2.45) is 0 Å². The van der Waals surface area contributed by atoms with Crippen molar-refractivity contribution >= 4 is 33.2 Å². The van der Waals surface area contributed by atoms with Gasteiger partial charge in [-0.25, -0.2) is 0 Å². The van der Waals surface area contributed by atoms with Crippen LogP contribution in [-0.2, 0) is 6.54 Å². The molecule has 0 aliphatic rings. The summed E-state index contributed by atoms with van der Waals surface area (Å²) in [6.07, 6.45) is 0. The standard InChI is InChI=1S/C13H10BrF2NO2S/c14-9-5-11(20-7-9)6-17-12(18)8-2-1-3-10(4-8)19-13(15)16/h1-5,7,13H,6H2,(H,17,18). The molecule has 1 heterocycles. The summed E-state index contributed by atoms with van der Waals surface area (Å²) in [6, 6.07) is 7.60. The molecule has 0 aliphatic carbocycles. The Labute approximate surface area is 126 Å². The molecule has 3 nitrogen and oxygen atoms in total. The van der Waals surface area contributed by atoms with Gasteiger partial charge in [0.15, 0.2) is 0 Å². The molecule has 106 valence electrons. The highest BCUT2D eigenvalue weighted by molar-refractivity contribution is 9.10. The van der Waals surface area contributed by atoms with Crippen LogP contribution in [0.1, 0.15) is 15.2 Å². The van der Waals surface area contributed by atoms with Crippen molar-refractivity contribution in [3.63, 3.8) is 0 Å². The molecule has 2 aromatic rings. The van der Waals surface area contributed by atoms with E-state index in [1.807, 2.05) is 11.4 Å². The fraction of sp³-hybridized carbons (Fsp3) is 0.154. The largest absolute Gasteiger partial charge is 0.435 e. The average molecular weight is 362 g/mol. The Morgan fingerprint density at radius 3 is 2.85 bits per heavy atom. The van der Waals surface area contributed by atoms with Gasteiger partial charge in [0.2, 0.25) is 0 Å². The number of hydrogen-bond donors (Lipinski definition) is 1. The minimum absolute atomic E-state index is 0.0356. The number of alkyl halides is 2. The summed E-state index contributed by atoms with van der Waals surface area (Å²) in [4.78, 5) is 12.9. The second kappa shape index (κ2) is 6.81. The topological polar surface area (TPSA) is 38.3 Å². The number of benzene rings is 1. The molecule has 1 N–H and O–H groups in total. The fourth-order valence-electron chi connectivity index (χ4n) is 1.53. The van der Waals surface area contributed by atoms with Gasteiger partial charge in [0, 0.05) is 20.3 Å². The fourth-order valence-corrected chi connectivity index (χ4v) is 2.92. The molecule has 0 bridgehead atoms. The van der Waals surface area contributed by atoms with Gasteiger partial charge in [0.25, 0.3) is 5.91 Å². The smallest absolute Gasteiger partial charge is 0.387 e. The van der Waals surface area contributed by atoms with E-state index in [0.29, 0.717) is 6.54 Å². The van der Waals surface area contributed by atoms with Crippen LogP contribution in [0.2, 0.25) is 0 Å². The van der Waals surface area contributed by atoms with Crippen molar-refractivity contribution in [3.05, 3.63) is 50.6 Å². The van der Waals surface area contributed by atoms with E-state index >= 15 is 0 Å². The first-order chi connectivity index (χ1) is 9.54. The number of hydrogen-bond acceptors (Lipinski definition) is 3. The summed E-state index contributed by atoms with van der Waals surface area (Å²) in [6.45, 7) is -2.52. The van der Waals surface area contributed by atoms with Crippen molar-refractivity contribution in [2.45, 2.75) is 13.2 Å². The summed E-state index contributed by atoms with van der Waals surface area (Å²) in [5.74, 6) is -0.374. The molecule has 0 spiro atoms. The normalized spacial score (nSPS) is 10.6. The zero-order valence-electron chi connectivity index (χ0n) is 10.1. The van der Waals surface area contributed by atoms with Crippen LogP contribution in [0.4, 0.5) is 8.78 Å². The lowest BCUT2D eigenvalue weighted by Gasteiger charge is -2.07. The number of thiophene rings is 1. The van der Waals surface area contributed by atoms with Crippen molar-refractivity contribution in [1.82, 2.24) is 5.32 Å². The van der Waals surface area contributed by atoms with Crippen LogP contribution in [0.25, 0.3) is 0 Å². The minimum Gasteiger partial charge on any atom is -0.435 e. The summed E-state index contributed by atoms with van der Waals surface area (Å²) in [5.41, 5.74) is 0.277. The van der Waals surface area contributed by atoms with Crippen molar-refractivity contribution in [3.8, 4) is 5.75 Å². The molecule has 0 saturated heterocycles. The Morgan fingerprint density at radius 1 is 1.40 bits per heavy atom. The van der Waals surface area contributed by atoms with Gasteiger partial charge < -0.3 is 10.1 Å². The summed E-state index contributed by atoms with van der Waals surface area (Å²) in [7, 11) is 0. The van der Waals surface area contributed by atoms with Gasteiger partial charge in [-0.1, -0.05) is 6.07 Å². The van der Waals surface area contributed by atoms with E-state index in [4.69, 9.17) is 0 Å². The monoisotopic (exact) mass is 361 g/mol. The van der Waals surface area contributed by atoms with Crippen LogP contribution < -0.4 is 10.1 Å². The molecule has 0 unspecified atom stereocenters. The zero-order valence-corrected chi connectivity index (χ0v) is 12.5. The van der Waals surface area contributed by atoms with E-state index in [1.165, 1.54) is 35.6 Å². The van der Waals surface area contributed by atoms with Gasteiger partial charge in [-0.15, -0.1) is 11.3 Å². The summed E-state index contributed by atoms with van der Waals surface area (Å²) >= 11 is 4.84. The van der Waals surface area contributed by atoms with E-state index in [0.717, 1.165) is 9.35 Å². The van der Waals surface area contributed by atoms with Crippen LogP contribution in [-0.4, -0.2) is 12.5 Å². The Balaban J connectivity index is 1.98. The van der Waals surface area contributed by atoms with Crippen molar-refractivity contribution in [2.75, 3.05) is 0 Å². The van der Waals surface area contributed by atoms with Crippen LogP contribution in [0, 0.1) is 0 Å². The van der Waals surface area contributed by atoms with E-state index in [1.54, 1.807) is 0 Å². The number of ether oxygens (including phenoxy) is 1. The number of halogens is 3. The van der Waals surface area contributed by atoms with E-state index < -0.39 is 6.61 Å². The molecule has 1 amide bonds. The predicted molar refractivity (Wildman–Crippen MR) is 76.3 cm³/mol. The number of amides is 1. The summed E-state index contributed by atoms with van der Waals surface area (Å²) < 4.78 is 29.4. The average Bonchev–Trinajstić information content (AvgIpc) is 2.81. The molecule has 20 heavy (non-hydrogen) atoms. The minimum atomic E-state index is -2.91. The highest BCUT2D eigenvalue weighted by Crippen LogP contribution is 2.20. The zero-order chi connectivity index (χ0) is 14.5. The maximum Gasteiger partial charge on any atom is 0.387 e. The van der Waals surface area contributed by atoms with Gasteiger partial charge >= 0.3 is 6.61 Å². The first-order valence-electron chi connectivity index (χ1n) is 5.60. The van der Waals surface area contributed by atoms with Crippen LogP contribution in [0.3, 0.4) is 0 Å². The molecule has 0 aliphatic heterocycles.